The summed E-state index contributed by atoms with van der Waals surface area (Å²) in [5.41, 5.74) is 10.1. The van der Waals surface area contributed by atoms with Gasteiger partial charge >= 0.3 is 0 Å². The second kappa shape index (κ2) is 6.78. The van der Waals surface area contributed by atoms with E-state index in [1.165, 1.54) is 5.56 Å². The average molecular weight is 354 g/mol. The zero-order valence-corrected chi connectivity index (χ0v) is 16.5. The van der Waals surface area contributed by atoms with Gasteiger partial charge in [0.05, 0.1) is 11.9 Å². The van der Waals surface area contributed by atoms with Gasteiger partial charge in [0.25, 0.3) is 5.91 Å². The van der Waals surface area contributed by atoms with E-state index in [2.05, 4.69) is 38.9 Å². The molecule has 5 nitrogen and oxygen atoms in total. The molecule has 1 saturated heterocycles. The molecule has 1 aliphatic rings. The van der Waals surface area contributed by atoms with Gasteiger partial charge in [0.2, 0.25) is 0 Å². The van der Waals surface area contributed by atoms with E-state index in [9.17, 15) is 4.79 Å². The number of aryl methyl sites for hydroxylation is 2. The molecule has 1 fully saturated rings. The van der Waals surface area contributed by atoms with Crippen LogP contribution < -0.4 is 5.73 Å². The third kappa shape index (κ3) is 3.62. The summed E-state index contributed by atoms with van der Waals surface area (Å²) in [5, 5.41) is 4.41. The molecular formula is C21H30N4O. The number of likely N-dealkylation sites (tertiary alicyclic amines) is 1. The maximum absolute atomic E-state index is 13.1. The summed E-state index contributed by atoms with van der Waals surface area (Å²) >= 11 is 0. The molecule has 2 N–H and O–H groups in total. The Morgan fingerprint density at radius 1 is 1.31 bits per heavy atom. The smallest absolute Gasteiger partial charge is 0.259 e. The van der Waals surface area contributed by atoms with Crippen molar-refractivity contribution in [3.63, 3.8) is 0 Å². The van der Waals surface area contributed by atoms with Crippen molar-refractivity contribution in [3.8, 4) is 5.69 Å². The van der Waals surface area contributed by atoms with E-state index in [1.807, 2.05) is 24.0 Å². The number of hydrogen-bond acceptors (Lipinski definition) is 3. The predicted octanol–water partition coefficient (Wildman–Crippen LogP) is 3.97. The Morgan fingerprint density at radius 3 is 2.73 bits per heavy atom. The fourth-order valence-electron chi connectivity index (χ4n) is 4.18. The van der Waals surface area contributed by atoms with Crippen LogP contribution in [0.25, 0.3) is 5.69 Å². The predicted molar refractivity (Wildman–Crippen MR) is 106 cm³/mol. The number of benzene rings is 1. The first-order valence-corrected chi connectivity index (χ1v) is 9.38. The molecule has 1 aliphatic heterocycles. The highest BCUT2D eigenvalue weighted by Crippen LogP contribution is 2.32. The molecule has 2 heterocycles. The van der Waals surface area contributed by atoms with E-state index >= 15 is 0 Å². The maximum Gasteiger partial charge on any atom is 0.259 e. The van der Waals surface area contributed by atoms with Crippen LogP contribution in [0.3, 0.4) is 0 Å². The third-order valence-electron chi connectivity index (χ3n) is 5.32. The molecule has 0 saturated carbocycles. The van der Waals surface area contributed by atoms with Gasteiger partial charge in [0.15, 0.2) is 0 Å². The molecule has 3 rings (SSSR count). The van der Waals surface area contributed by atoms with Crippen molar-refractivity contribution in [1.29, 1.82) is 0 Å². The van der Waals surface area contributed by atoms with E-state index in [4.69, 9.17) is 5.73 Å². The lowest BCUT2D eigenvalue weighted by Crippen LogP contribution is -2.37. The molecule has 0 radical (unpaired) electrons. The number of aromatic nitrogens is 2. The number of rotatable bonds is 2. The summed E-state index contributed by atoms with van der Waals surface area (Å²) in [6, 6.07) is 6.12. The topological polar surface area (TPSA) is 64.2 Å². The first-order chi connectivity index (χ1) is 12.2. The fraction of sp³-hybridized carbons (Fsp3) is 0.524. The monoisotopic (exact) mass is 354 g/mol. The van der Waals surface area contributed by atoms with Crippen LogP contribution in [-0.4, -0.2) is 33.7 Å². The lowest BCUT2D eigenvalue weighted by atomic mass is 9.83. The van der Waals surface area contributed by atoms with E-state index in [0.717, 1.165) is 37.2 Å². The summed E-state index contributed by atoms with van der Waals surface area (Å²) < 4.78 is 1.67. The summed E-state index contributed by atoms with van der Waals surface area (Å²) in [6.45, 7) is 12.4. The number of amides is 1. The van der Waals surface area contributed by atoms with Crippen LogP contribution in [0.15, 0.2) is 24.4 Å². The number of hydrogen-bond donors (Lipinski definition) is 1. The van der Waals surface area contributed by atoms with E-state index in [1.54, 1.807) is 10.9 Å². The molecule has 26 heavy (non-hydrogen) atoms. The van der Waals surface area contributed by atoms with Crippen molar-refractivity contribution in [1.82, 2.24) is 14.7 Å². The highest BCUT2D eigenvalue weighted by Gasteiger charge is 2.32. The Hall–Kier alpha value is -2.30. The standard InChI is InChI=1S/C21H30N4O/c1-14-6-7-18(16(3)10-14)25-19(22)17(12-23-25)20(26)24-9-8-15(2)11-21(4,5)13-24/h6-7,10,12,15H,8-9,11,13,22H2,1-5H3. The minimum Gasteiger partial charge on any atom is -0.383 e. The average Bonchev–Trinajstić information content (AvgIpc) is 2.84. The van der Waals surface area contributed by atoms with E-state index in [0.29, 0.717) is 17.3 Å². The van der Waals surface area contributed by atoms with Gasteiger partial charge in [-0.05, 0) is 49.7 Å². The summed E-state index contributed by atoms with van der Waals surface area (Å²) in [7, 11) is 0. The molecule has 5 heteroatoms. The second-order valence-electron chi connectivity index (χ2n) is 8.63. The van der Waals surface area contributed by atoms with Crippen LogP contribution in [0, 0.1) is 25.2 Å². The Kier molecular flexibility index (Phi) is 4.82. The molecule has 2 aromatic rings. The highest BCUT2D eigenvalue weighted by atomic mass is 16.2. The summed E-state index contributed by atoms with van der Waals surface area (Å²) in [6.07, 6.45) is 3.77. The van der Waals surface area contributed by atoms with Crippen molar-refractivity contribution >= 4 is 11.7 Å². The van der Waals surface area contributed by atoms with Crippen molar-refractivity contribution in [3.05, 3.63) is 41.1 Å². The van der Waals surface area contributed by atoms with Crippen molar-refractivity contribution in [2.24, 2.45) is 11.3 Å². The number of nitrogens with zero attached hydrogens (tertiary/aromatic N) is 3. The van der Waals surface area contributed by atoms with Gasteiger partial charge in [-0.15, -0.1) is 0 Å². The zero-order valence-electron chi connectivity index (χ0n) is 16.5. The number of nitrogens with two attached hydrogens (primary N) is 1. The van der Waals surface area contributed by atoms with Crippen molar-refractivity contribution < 1.29 is 4.79 Å². The van der Waals surface area contributed by atoms with Gasteiger partial charge < -0.3 is 10.6 Å². The molecule has 1 aromatic heterocycles. The molecule has 1 atom stereocenters. The Bertz CT molecular complexity index is 821. The van der Waals surface area contributed by atoms with Gasteiger partial charge in [-0.3, -0.25) is 4.79 Å². The second-order valence-corrected chi connectivity index (χ2v) is 8.63. The Balaban J connectivity index is 1.90. The van der Waals surface area contributed by atoms with Gasteiger partial charge in [0.1, 0.15) is 11.4 Å². The van der Waals surface area contributed by atoms with Crippen LogP contribution >= 0.6 is 0 Å². The number of nitrogen functional groups attached to an aromatic ring is 1. The van der Waals surface area contributed by atoms with Crippen molar-refractivity contribution in [2.75, 3.05) is 18.8 Å². The SMILES string of the molecule is Cc1ccc(-n2ncc(C(=O)N3CCC(C)CC(C)(C)C3)c2N)c(C)c1. The molecule has 0 bridgehead atoms. The van der Waals surface area contributed by atoms with Gasteiger partial charge in [-0.25, -0.2) is 4.68 Å². The molecule has 1 amide bonds. The minimum absolute atomic E-state index is 0.0133. The lowest BCUT2D eigenvalue weighted by molar-refractivity contribution is 0.0707. The normalized spacial score (nSPS) is 20.0. The maximum atomic E-state index is 13.1. The number of carbonyl (C=O) groups excluding carboxylic acids is 1. The summed E-state index contributed by atoms with van der Waals surface area (Å²) in [4.78, 5) is 15.1. The largest absolute Gasteiger partial charge is 0.383 e. The van der Waals surface area contributed by atoms with Crippen LogP contribution in [0.5, 0.6) is 0 Å². The molecular weight excluding hydrogens is 324 g/mol. The minimum atomic E-state index is -0.0133. The third-order valence-corrected chi connectivity index (χ3v) is 5.32. The molecule has 140 valence electrons. The van der Waals surface area contributed by atoms with Gasteiger partial charge in [0, 0.05) is 13.1 Å². The molecule has 1 aromatic carbocycles. The van der Waals surface area contributed by atoms with Crippen molar-refractivity contribution in [2.45, 2.75) is 47.5 Å². The van der Waals surface area contributed by atoms with Crippen LogP contribution in [0.2, 0.25) is 0 Å². The Labute approximate surface area is 156 Å². The summed E-state index contributed by atoms with van der Waals surface area (Å²) in [5.74, 6) is 1.02. The molecule has 1 unspecified atom stereocenters. The molecule has 0 aliphatic carbocycles. The van der Waals surface area contributed by atoms with Crippen LogP contribution in [-0.2, 0) is 0 Å². The number of carbonyl (C=O) groups is 1. The Morgan fingerprint density at radius 2 is 2.04 bits per heavy atom. The van der Waals surface area contributed by atoms with E-state index < -0.39 is 0 Å². The molecule has 0 spiro atoms. The lowest BCUT2D eigenvalue weighted by Gasteiger charge is -2.29. The van der Waals surface area contributed by atoms with Gasteiger partial charge in [-0.2, -0.15) is 5.10 Å². The van der Waals surface area contributed by atoms with E-state index in [-0.39, 0.29) is 11.3 Å². The zero-order chi connectivity index (χ0) is 19.1. The quantitative estimate of drug-likeness (QED) is 0.887. The van der Waals surface area contributed by atoms with Crippen LogP contribution in [0.1, 0.15) is 55.1 Å². The number of anilines is 1. The van der Waals surface area contributed by atoms with Crippen LogP contribution in [0.4, 0.5) is 5.82 Å². The first-order valence-electron chi connectivity index (χ1n) is 9.38. The van der Waals surface area contributed by atoms with Gasteiger partial charge in [-0.1, -0.05) is 38.5 Å². The first kappa shape index (κ1) is 18.5. The highest BCUT2D eigenvalue weighted by molar-refractivity contribution is 5.98. The fourth-order valence-corrected chi connectivity index (χ4v) is 4.18.